The maximum atomic E-state index is 4.33. The van der Waals surface area contributed by atoms with Crippen molar-refractivity contribution < 1.29 is 0 Å². The highest BCUT2D eigenvalue weighted by Gasteiger charge is 2.11. The summed E-state index contributed by atoms with van der Waals surface area (Å²) in [6.45, 7) is 3.14. The van der Waals surface area contributed by atoms with Crippen LogP contribution in [0.4, 0.5) is 0 Å². The molecule has 1 saturated heterocycles. The van der Waals surface area contributed by atoms with Crippen LogP contribution in [0.5, 0.6) is 0 Å². The first-order valence-electron chi connectivity index (χ1n) is 5.27. The second-order valence-corrected chi connectivity index (χ2v) is 3.90. The Morgan fingerprint density at radius 3 is 3.29 bits per heavy atom. The minimum atomic E-state index is 0.616. The van der Waals surface area contributed by atoms with Crippen molar-refractivity contribution in [2.45, 2.75) is 25.4 Å². The molecular weight excluding hydrogens is 176 g/mol. The van der Waals surface area contributed by atoms with Gasteiger partial charge in [-0.1, -0.05) is 0 Å². The highest BCUT2D eigenvalue weighted by atomic mass is 15.3. The van der Waals surface area contributed by atoms with Gasteiger partial charge < -0.3 is 10.6 Å². The van der Waals surface area contributed by atoms with Crippen LogP contribution >= 0.6 is 0 Å². The van der Waals surface area contributed by atoms with E-state index in [1.54, 1.807) is 0 Å². The number of aryl methyl sites for hydroxylation is 1. The van der Waals surface area contributed by atoms with E-state index in [2.05, 4.69) is 21.8 Å². The van der Waals surface area contributed by atoms with Crippen LogP contribution in [-0.4, -0.2) is 28.9 Å². The molecule has 2 heterocycles. The summed E-state index contributed by atoms with van der Waals surface area (Å²) in [6.07, 6.45) is 4.54. The summed E-state index contributed by atoms with van der Waals surface area (Å²) >= 11 is 0. The van der Waals surface area contributed by atoms with Gasteiger partial charge in [0.25, 0.3) is 0 Å². The Morgan fingerprint density at radius 1 is 1.71 bits per heavy atom. The summed E-state index contributed by atoms with van der Waals surface area (Å²) in [5, 5.41) is 11.2. The van der Waals surface area contributed by atoms with Gasteiger partial charge in [-0.3, -0.25) is 4.68 Å². The van der Waals surface area contributed by atoms with Crippen LogP contribution in [0.2, 0.25) is 0 Å². The summed E-state index contributed by atoms with van der Waals surface area (Å²) in [4.78, 5) is 0. The zero-order valence-electron chi connectivity index (χ0n) is 8.66. The van der Waals surface area contributed by atoms with Crippen molar-refractivity contribution >= 4 is 0 Å². The second-order valence-electron chi connectivity index (χ2n) is 3.90. The molecule has 0 saturated carbocycles. The number of hydrogen-bond acceptors (Lipinski definition) is 3. The van der Waals surface area contributed by atoms with Crippen LogP contribution in [0.1, 0.15) is 18.5 Å². The van der Waals surface area contributed by atoms with Gasteiger partial charge in [0, 0.05) is 32.4 Å². The lowest BCUT2D eigenvalue weighted by atomic mass is 10.1. The van der Waals surface area contributed by atoms with E-state index >= 15 is 0 Å². The van der Waals surface area contributed by atoms with Crippen LogP contribution in [0.25, 0.3) is 0 Å². The van der Waals surface area contributed by atoms with Crippen molar-refractivity contribution in [1.82, 2.24) is 20.4 Å². The van der Waals surface area contributed by atoms with Gasteiger partial charge in [0.15, 0.2) is 0 Å². The normalized spacial score (nSPS) is 22.5. The predicted octanol–water partition coefficient (Wildman–Crippen LogP) is 0.262. The Bertz CT molecular complexity index is 275. The Hall–Kier alpha value is -0.870. The molecule has 78 valence electrons. The molecule has 1 aromatic heterocycles. The molecule has 1 aliphatic rings. The summed E-state index contributed by atoms with van der Waals surface area (Å²) in [6, 6.07) is 2.68. The van der Waals surface area contributed by atoms with Gasteiger partial charge in [-0.15, -0.1) is 0 Å². The van der Waals surface area contributed by atoms with Crippen LogP contribution in [0, 0.1) is 0 Å². The van der Waals surface area contributed by atoms with Crippen molar-refractivity contribution in [3.05, 3.63) is 18.0 Å². The second kappa shape index (κ2) is 4.57. The highest BCUT2D eigenvalue weighted by molar-refractivity contribution is 4.98. The molecule has 4 nitrogen and oxygen atoms in total. The molecule has 2 rings (SSSR count). The van der Waals surface area contributed by atoms with Crippen molar-refractivity contribution in [1.29, 1.82) is 0 Å². The smallest absolute Gasteiger partial charge is 0.0762 e. The fourth-order valence-corrected chi connectivity index (χ4v) is 1.83. The van der Waals surface area contributed by atoms with Crippen molar-refractivity contribution in [3.8, 4) is 0 Å². The van der Waals surface area contributed by atoms with Gasteiger partial charge in [0.05, 0.1) is 5.69 Å². The van der Waals surface area contributed by atoms with Gasteiger partial charge in [-0.25, -0.2) is 0 Å². The summed E-state index contributed by atoms with van der Waals surface area (Å²) < 4.78 is 1.84. The number of rotatable bonds is 3. The standard InChI is InChI=1S/C10H18N4/c1-14-6-4-10(13-14)8-12-9-3-2-5-11-7-9/h4,6,9,11-12H,2-3,5,7-8H2,1H3. The van der Waals surface area contributed by atoms with E-state index in [1.807, 2.05) is 17.9 Å². The number of nitrogens with one attached hydrogen (secondary N) is 2. The Balaban J connectivity index is 1.76. The van der Waals surface area contributed by atoms with E-state index in [-0.39, 0.29) is 0 Å². The molecule has 0 bridgehead atoms. The fraction of sp³-hybridized carbons (Fsp3) is 0.700. The van der Waals surface area contributed by atoms with Gasteiger partial charge in [0.1, 0.15) is 0 Å². The van der Waals surface area contributed by atoms with Crippen LogP contribution in [-0.2, 0) is 13.6 Å². The average Bonchev–Trinajstić information content (AvgIpc) is 2.63. The lowest BCUT2D eigenvalue weighted by molar-refractivity contribution is 0.387. The lowest BCUT2D eigenvalue weighted by Gasteiger charge is -2.23. The van der Waals surface area contributed by atoms with E-state index in [0.29, 0.717) is 6.04 Å². The zero-order valence-corrected chi connectivity index (χ0v) is 8.66. The molecule has 2 N–H and O–H groups in total. The zero-order chi connectivity index (χ0) is 9.80. The number of hydrogen-bond donors (Lipinski definition) is 2. The van der Waals surface area contributed by atoms with Crippen molar-refractivity contribution in [3.63, 3.8) is 0 Å². The molecule has 1 aliphatic heterocycles. The lowest BCUT2D eigenvalue weighted by Crippen LogP contribution is -2.42. The van der Waals surface area contributed by atoms with E-state index in [4.69, 9.17) is 0 Å². The third-order valence-electron chi connectivity index (χ3n) is 2.64. The molecule has 0 aromatic carbocycles. The third kappa shape index (κ3) is 2.56. The maximum absolute atomic E-state index is 4.33. The molecule has 4 heteroatoms. The molecular formula is C10H18N4. The fourth-order valence-electron chi connectivity index (χ4n) is 1.83. The molecule has 14 heavy (non-hydrogen) atoms. The van der Waals surface area contributed by atoms with Crippen LogP contribution in [0.15, 0.2) is 12.3 Å². The number of aromatic nitrogens is 2. The molecule has 0 amide bonds. The summed E-state index contributed by atoms with van der Waals surface area (Å²) in [7, 11) is 1.95. The van der Waals surface area contributed by atoms with Crippen molar-refractivity contribution in [2.75, 3.05) is 13.1 Å². The molecule has 0 spiro atoms. The molecule has 0 aliphatic carbocycles. The van der Waals surface area contributed by atoms with Crippen LogP contribution < -0.4 is 10.6 Å². The minimum Gasteiger partial charge on any atom is -0.315 e. The summed E-state index contributed by atoms with van der Waals surface area (Å²) in [5.41, 5.74) is 1.12. The highest BCUT2D eigenvalue weighted by Crippen LogP contribution is 2.02. The van der Waals surface area contributed by atoms with Gasteiger partial charge in [-0.2, -0.15) is 5.10 Å². The van der Waals surface area contributed by atoms with E-state index < -0.39 is 0 Å². The average molecular weight is 194 g/mol. The Morgan fingerprint density at radius 2 is 2.64 bits per heavy atom. The molecule has 1 unspecified atom stereocenters. The van der Waals surface area contributed by atoms with Crippen LogP contribution in [0.3, 0.4) is 0 Å². The monoisotopic (exact) mass is 194 g/mol. The molecule has 1 fully saturated rings. The van der Waals surface area contributed by atoms with E-state index in [1.165, 1.54) is 19.4 Å². The van der Waals surface area contributed by atoms with Gasteiger partial charge >= 0.3 is 0 Å². The van der Waals surface area contributed by atoms with E-state index in [0.717, 1.165) is 18.8 Å². The topological polar surface area (TPSA) is 41.9 Å². The Kier molecular flexibility index (Phi) is 3.16. The Labute approximate surface area is 84.7 Å². The summed E-state index contributed by atoms with van der Waals surface area (Å²) in [5.74, 6) is 0. The predicted molar refractivity (Wildman–Crippen MR) is 55.9 cm³/mol. The molecule has 1 atom stereocenters. The molecule has 1 aromatic rings. The van der Waals surface area contributed by atoms with E-state index in [9.17, 15) is 0 Å². The van der Waals surface area contributed by atoms with Gasteiger partial charge in [0.2, 0.25) is 0 Å². The number of nitrogens with zero attached hydrogens (tertiary/aromatic N) is 2. The third-order valence-corrected chi connectivity index (χ3v) is 2.64. The SMILES string of the molecule is Cn1ccc(CNC2CCCNC2)n1. The largest absolute Gasteiger partial charge is 0.315 e. The van der Waals surface area contributed by atoms with Gasteiger partial charge in [-0.05, 0) is 25.5 Å². The molecule has 0 radical (unpaired) electrons. The van der Waals surface area contributed by atoms with Crippen molar-refractivity contribution in [2.24, 2.45) is 7.05 Å². The maximum Gasteiger partial charge on any atom is 0.0762 e. The first kappa shape index (κ1) is 9.68. The first-order valence-corrected chi connectivity index (χ1v) is 5.27. The first-order chi connectivity index (χ1) is 6.84. The minimum absolute atomic E-state index is 0.616. The quantitative estimate of drug-likeness (QED) is 0.725. The number of piperidine rings is 1.